The van der Waals surface area contributed by atoms with Gasteiger partial charge in [-0.3, -0.25) is 9.59 Å². The van der Waals surface area contributed by atoms with Crippen LogP contribution in [0, 0.1) is 5.92 Å². The van der Waals surface area contributed by atoms with Crippen LogP contribution in [0.4, 0.5) is 5.69 Å². The number of carbonyl (C=O) groups excluding carboxylic acids is 2. The van der Waals surface area contributed by atoms with Crippen LogP contribution in [0.1, 0.15) is 18.4 Å². The normalized spacial score (nSPS) is 16.6. The summed E-state index contributed by atoms with van der Waals surface area (Å²) in [4.78, 5) is 29.4. The Labute approximate surface area is 164 Å². The maximum atomic E-state index is 13.1. The molecule has 6 heteroatoms. The van der Waals surface area contributed by atoms with Gasteiger partial charge in [0.1, 0.15) is 5.92 Å². The molecule has 1 aliphatic heterocycles. The van der Waals surface area contributed by atoms with Gasteiger partial charge in [-0.15, -0.1) is 0 Å². The lowest BCUT2D eigenvalue weighted by atomic mass is 10.1. The van der Waals surface area contributed by atoms with Crippen LogP contribution in [0.3, 0.4) is 0 Å². The number of benzene rings is 2. The quantitative estimate of drug-likeness (QED) is 0.745. The van der Waals surface area contributed by atoms with Crippen molar-refractivity contribution in [3.05, 3.63) is 65.2 Å². The molecule has 0 aliphatic carbocycles. The molecule has 5 nitrogen and oxygen atoms in total. The van der Waals surface area contributed by atoms with Gasteiger partial charge in [0, 0.05) is 30.3 Å². The molecule has 2 amide bonds. The molecule has 1 atom stereocenters. The first-order valence-corrected chi connectivity index (χ1v) is 9.57. The molecule has 0 radical (unpaired) electrons. The van der Waals surface area contributed by atoms with E-state index in [2.05, 4.69) is 0 Å². The first kappa shape index (κ1) is 19.4. The smallest absolute Gasteiger partial charge is 0.239 e. The van der Waals surface area contributed by atoms with Crippen LogP contribution in [0.2, 0.25) is 5.02 Å². The van der Waals surface area contributed by atoms with Gasteiger partial charge in [-0.2, -0.15) is 0 Å². The third-order valence-corrected chi connectivity index (χ3v) is 5.02. The van der Waals surface area contributed by atoms with Crippen LogP contribution in [-0.2, 0) is 16.1 Å². The van der Waals surface area contributed by atoms with E-state index in [0.717, 1.165) is 11.3 Å². The molecule has 1 fully saturated rings. The van der Waals surface area contributed by atoms with Crippen LogP contribution in [0.25, 0.3) is 0 Å². The van der Waals surface area contributed by atoms with Crippen molar-refractivity contribution in [2.45, 2.75) is 19.4 Å². The van der Waals surface area contributed by atoms with Gasteiger partial charge < -0.3 is 15.5 Å². The van der Waals surface area contributed by atoms with E-state index >= 15 is 0 Å². The van der Waals surface area contributed by atoms with Crippen molar-refractivity contribution in [3.63, 3.8) is 0 Å². The third-order valence-electron chi connectivity index (χ3n) is 4.78. The minimum absolute atomic E-state index is 0.123. The molecule has 3 rings (SSSR count). The largest absolute Gasteiger partial charge is 0.338 e. The number of anilines is 1. The first-order chi connectivity index (χ1) is 13.1. The number of carbonyl (C=O) groups is 2. The second-order valence-electron chi connectivity index (χ2n) is 6.70. The number of rotatable bonds is 7. The van der Waals surface area contributed by atoms with Crippen LogP contribution in [0.15, 0.2) is 54.6 Å². The highest BCUT2D eigenvalue weighted by Gasteiger charge is 2.39. The van der Waals surface area contributed by atoms with Crippen molar-refractivity contribution in [1.29, 1.82) is 0 Å². The maximum Gasteiger partial charge on any atom is 0.239 e. The molecular weight excluding hydrogens is 362 g/mol. The van der Waals surface area contributed by atoms with Gasteiger partial charge in [0.25, 0.3) is 0 Å². The lowest BCUT2D eigenvalue weighted by molar-refractivity contribution is -0.140. The molecule has 2 N–H and O–H groups in total. The van der Waals surface area contributed by atoms with E-state index < -0.39 is 5.92 Å². The Kier molecular flexibility index (Phi) is 6.48. The Bertz CT molecular complexity index is 797. The number of hydrogen-bond donors (Lipinski definition) is 1. The molecule has 2 aromatic rings. The zero-order chi connectivity index (χ0) is 19.2. The van der Waals surface area contributed by atoms with Crippen molar-refractivity contribution < 1.29 is 9.59 Å². The highest BCUT2D eigenvalue weighted by Crippen LogP contribution is 2.28. The van der Waals surface area contributed by atoms with Crippen molar-refractivity contribution in [2.24, 2.45) is 11.7 Å². The maximum absolute atomic E-state index is 13.1. The van der Waals surface area contributed by atoms with E-state index in [9.17, 15) is 9.59 Å². The number of amides is 2. The van der Waals surface area contributed by atoms with E-state index in [1.54, 1.807) is 21.9 Å². The molecular formula is C21H24ClN3O2. The van der Waals surface area contributed by atoms with Gasteiger partial charge >= 0.3 is 0 Å². The summed E-state index contributed by atoms with van der Waals surface area (Å²) in [5, 5.41) is 0.573. The van der Waals surface area contributed by atoms with Gasteiger partial charge in [-0.05, 0) is 43.1 Å². The Morgan fingerprint density at radius 1 is 1.19 bits per heavy atom. The predicted octanol–water partition coefficient (Wildman–Crippen LogP) is 3.07. The van der Waals surface area contributed by atoms with Crippen molar-refractivity contribution in [2.75, 3.05) is 24.5 Å². The Morgan fingerprint density at radius 2 is 1.96 bits per heavy atom. The highest BCUT2D eigenvalue weighted by molar-refractivity contribution is 6.31. The molecule has 1 unspecified atom stereocenters. The summed E-state index contributed by atoms with van der Waals surface area (Å²) < 4.78 is 0. The second-order valence-corrected chi connectivity index (χ2v) is 7.14. The number of halogens is 1. The lowest BCUT2D eigenvalue weighted by Crippen LogP contribution is -2.40. The van der Waals surface area contributed by atoms with Crippen LogP contribution < -0.4 is 10.6 Å². The number of hydrogen-bond acceptors (Lipinski definition) is 3. The van der Waals surface area contributed by atoms with Gasteiger partial charge in [-0.1, -0.05) is 48.0 Å². The van der Waals surface area contributed by atoms with Gasteiger partial charge in [0.15, 0.2) is 0 Å². The zero-order valence-electron chi connectivity index (χ0n) is 15.2. The first-order valence-electron chi connectivity index (χ1n) is 9.20. The molecule has 2 aromatic carbocycles. The zero-order valence-corrected chi connectivity index (χ0v) is 15.9. The summed E-state index contributed by atoms with van der Waals surface area (Å²) in [7, 11) is 0. The minimum atomic E-state index is -0.648. The third kappa shape index (κ3) is 4.67. The molecule has 27 heavy (non-hydrogen) atoms. The SMILES string of the molecule is NCCCN(Cc1ccccc1)C(=O)C1CCN(c2cccc(Cl)c2)C1=O. The van der Waals surface area contributed by atoms with Crippen LogP contribution >= 0.6 is 11.6 Å². The van der Waals surface area contributed by atoms with Crippen molar-refractivity contribution in [3.8, 4) is 0 Å². The van der Waals surface area contributed by atoms with E-state index in [-0.39, 0.29) is 11.8 Å². The van der Waals surface area contributed by atoms with Gasteiger partial charge in [0.05, 0.1) is 0 Å². The van der Waals surface area contributed by atoms with E-state index in [1.807, 2.05) is 42.5 Å². The lowest BCUT2D eigenvalue weighted by Gasteiger charge is -2.25. The average molecular weight is 386 g/mol. The van der Waals surface area contributed by atoms with Crippen molar-refractivity contribution >= 4 is 29.1 Å². The fourth-order valence-electron chi connectivity index (χ4n) is 3.38. The summed E-state index contributed by atoms with van der Waals surface area (Å²) >= 11 is 6.04. The Hall–Kier alpha value is -2.37. The van der Waals surface area contributed by atoms with Crippen LogP contribution in [0.5, 0.6) is 0 Å². The molecule has 0 aromatic heterocycles. The van der Waals surface area contributed by atoms with E-state index in [1.165, 1.54) is 0 Å². The van der Waals surface area contributed by atoms with Crippen molar-refractivity contribution in [1.82, 2.24) is 4.90 Å². The number of nitrogens with zero attached hydrogens (tertiary/aromatic N) is 2. The molecule has 0 saturated carbocycles. The predicted molar refractivity (Wildman–Crippen MR) is 107 cm³/mol. The highest BCUT2D eigenvalue weighted by atomic mass is 35.5. The van der Waals surface area contributed by atoms with E-state index in [4.69, 9.17) is 17.3 Å². The molecule has 1 saturated heterocycles. The molecule has 1 aliphatic rings. The molecule has 0 spiro atoms. The monoisotopic (exact) mass is 385 g/mol. The summed E-state index contributed by atoms with van der Waals surface area (Å²) in [5.74, 6) is -0.930. The Balaban J connectivity index is 1.74. The second kappa shape index (κ2) is 9.02. The summed E-state index contributed by atoms with van der Waals surface area (Å²) in [6, 6.07) is 17.0. The van der Waals surface area contributed by atoms with Gasteiger partial charge in [0.2, 0.25) is 11.8 Å². The standard InChI is InChI=1S/C21H24ClN3O2/c22-17-8-4-9-18(14-17)25-13-10-19(21(25)27)20(26)24(12-5-11-23)15-16-6-2-1-3-7-16/h1-4,6-9,14,19H,5,10-13,15,23H2. The minimum Gasteiger partial charge on any atom is -0.338 e. The Morgan fingerprint density at radius 3 is 2.67 bits per heavy atom. The fraction of sp³-hybridized carbons (Fsp3) is 0.333. The topological polar surface area (TPSA) is 66.6 Å². The summed E-state index contributed by atoms with van der Waals surface area (Å²) in [5.41, 5.74) is 7.41. The van der Waals surface area contributed by atoms with Crippen LogP contribution in [-0.4, -0.2) is 36.3 Å². The summed E-state index contributed by atoms with van der Waals surface area (Å²) in [6.07, 6.45) is 1.22. The van der Waals surface area contributed by atoms with Gasteiger partial charge in [-0.25, -0.2) is 0 Å². The molecule has 0 bridgehead atoms. The summed E-state index contributed by atoms with van der Waals surface area (Å²) in [6.45, 7) is 2.06. The molecule has 142 valence electrons. The average Bonchev–Trinajstić information content (AvgIpc) is 3.06. The van der Waals surface area contributed by atoms with E-state index in [0.29, 0.717) is 44.0 Å². The molecule has 1 heterocycles. The fourth-order valence-corrected chi connectivity index (χ4v) is 3.57. The number of nitrogens with two attached hydrogens (primary N) is 1.